The zero-order chi connectivity index (χ0) is 15.0. The van der Waals surface area contributed by atoms with E-state index in [1.165, 1.54) is 0 Å². The van der Waals surface area contributed by atoms with Crippen molar-refractivity contribution in [2.45, 2.75) is 26.8 Å². The van der Waals surface area contributed by atoms with Gasteiger partial charge in [-0.2, -0.15) is 0 Å². The predicted octanol–water partition coefficient (Wildman–Crippen LogP) is 1.47. The summed E-state index contributed by atoms with van der Waals surface area (Å²) in [6.07, 6.45) is 0.430. The van der Waals surface area contributed by atoms with Crippen LogP contribution in [-0.4, -0.2) is 25.5 Å². The molecule has 0 saturated carbocycles. The topological polar surface area (TPSA) is 67.4 Å². The fraction of sp³-hybridized carbons (Fsp3) is 0.467. The van der Waals surface area contributed by atoms with Crippen LogP contribution in [-0.2, 0) is 16.1 Å². The van der Waals surface area contributed by atoms with Gasteiger partial charge in [-0.1, -0.05) is 32.0 Å². The molecular weight excluding hydrogens is 256 g/mol. The van der Waals surface area contributed by atoms with Crippen molar-refractivity contribution >= 4 is 11.8 Å². The highest BCUT2D eigenvalue weighted by atomic mass is 16.5. The van der Waals surface area contributed by atoms with Gasteiger partial charge < -0.3 is 15.4 Å². The molecule has 2 amide bonds. The average Bonchev–Trinajstić information content (AvgIpc) is 2.42. The van der Waals surface area contributed by atoms with Crippen molar-refractivity contribution in [2.24, 2.45) is 5.92 Å². The minimum Gasteiger partial charge on any atom is -0.496 e. The minimum absolute atomic E-state index is 0.000697. The maximum absolute atomic E-state index is 11.6. The van der Waals surface area contributed by atoms with Crippen molar-refractivity contribution in [1.82, 2.24) is 10.6 Å². The lowest BCUT2D eigenvalue weighted by Crippen LogP contribution is -2.37. The van der Waals surface area contributed by atoms with Gasteiger partial charge in [-0.25, -0.2) is 0 Å². The number of methoxy groups -OCH3 is 1. The van der Waals surface area contributed by atoms with Gasteiger partial charge in [0, 0.05) is 18.5 Å². The summed E-state index contributed by atoms with van der Waals surface area (Å²) in [7, 11) is 1.59. The second-order valence-corrected chi connectivity index (χ2v) is 4.96. The highest BCUT2D eigenvalue weighted by Crippen LogP contribution is 2.16. The number of carbonyl (C=O) groups is 2. The van der Waals surface area contributed by atoms with Crippen LogP contribution in [0, 0.1) is 5.92 Å². The molecular formula is C15H22N2O3. The quantitative estimate of drug-likeness (QED) is 0.793. The van der Waals surface area contributed by atoms with E-state index in [1.807, 2.05) is 38.1 Å². The first-order valence-electron chi connectivity index (χ1n) is 6.68. The Morgan fingerprint density at radius 1 is 1.15 bits per heavy atom. The van der Waals surface area contributed by atoms with Gasteiger partial charge in [0.25, 0.3) is 0 Å². The van der Waals surface area contributed by atoms with Gasteiger partial charge in [-0.05, 0) is 12.0 Å². The predicted molar refractivity (Wildman–Crippen MR) is 77.3 cm³/mol. The smallest absolute Gasteiger partial charge is 0.239 e. The number of rotatable bonds is 7. The van der Waals surface area contributed by atoms with Crippen LogP contribution in [0.3, 0.4) is 0 Å². The van der Waals surface area contributed by atoms with Gasteiger partial charge in [-0.15, -0.1) is 0 Å². The molecule has 0 bridgehead atoms. The molecule has 0 fully saturated rings. The number of para-hydroxylation sites is 1. The molecule has 0 unspecified atom stereocenters. The summed E-state index contributed by atoms with van der Waals surface area (Å²) < 4.78 is 5.20. The normalized spacial score (nSPS) is 10.2. The Balaban J connectivity index is 2.35. The number of benzene rings is 1. The van der Waals surface area contributed by atoms with Crippen LogP contribution in [0.5, 0.6) is 5.75 Å². The van der Waals surface area contributed by atoms with E-state index in [0.717, 1.165) is 11.3 Å². The van der Waals surface area contributed by atoms with E-state index in [2.05, 4.69) is 10.6 Å². The molecule has 0 saturated heterocycles. The summed E-state index contributed by atoms with van der Waals surface area (Å²) in [5.41, 5.74) is 0.900. The summed E-state index contributed by atoms with van der Waals surface area (Å²) in [5.74, 6) is 0.698. The molecule has 0 spiro atoms. The van der Waals surface area contributed by atoms with Crippen LogP contribution in [0.4, 0.5) is 0 Å². The van der Waals surface area contributed by atoms with Gasteiger partial charge in [-0.3, -0.25) is 9.59 Å². The molecule has 5 heteroatoms. The van der Waals surface area contributed by atoms with E-state index in [9.17, 15) is 9.59 Å². The molecule has 0 heterocycles. The molecule has 0 atom stereocenters. The summed E-state index contributed by atoms with van der Waals surface area (Å²) >= 11 is 0. The molecule has 20 heavy (non-hydrogen) atoms. The molecule has 0 radical (unpaired) electrons. The minimum atomic E-state index is -0.215. The lowest BCUT2D eigenvalue weighted by atomic mass is 10.1. The number of ether oxygens (including phenoxy) is 1. The van der Waals surface area contributed by atoms with Crippen molar-refractivity contribution in [1.29, 1.82) is 0 Å². The highest BCUT2D eigenvalue weighted by molar-refractivity contribution is 5.84. The van der Waals surface area contributed by atoms with E-state index < -0.39 is 0 Å². The number of hydrogen-bond acceptors (Lipinski definition) is 3. The second-order valence-electron chi connectivity index (χ2n) is 4.96. The van der Waals surface area contributed by atoms with Crippen LogP contribution < -0.4 is 15.4 Å². The number of amides is 2. The molecule has 1 aromatic rings. The van der Waals surface area contributed by atoms with Crippen molar-refractivity contribution in [3.63, 3.8) is 0 Å². The van der Waals surface area contributed by atoms with E-state index >= 15 is 0 Å². The van der Waals surface area contributed by atoms with Crippen molar-refractivity contribution in [2.75, 3.05) is 13.7 Å². The molecule has 0 aliphatic carbocycles. The standard InChI is InChI=1S/C15H22N2O3/c1-11(2)8-14(18)17-10-15(19)16-9-12-6-4-5-7-13(12)20-3/h4-7,11H,8-10H2,1-3H3,(H,16,19)(H,17,18). The van der Waals surface area contributed by atoms with Crippen molar-refractivity contribution in [3.05, 3.63) is 29.8 Å². The fourth-order valence-corrected chi connectivity index (χ4v) is 1.73. The molecule has 0 aliphatic rings. The first kappa shape index (κ1) is 16.0. The molecule has 5 nitrogen and oxygen atoms in total. The highest BCUT2D eigenvalue weighted by Gasteiger charge is 2.08. The van der Waals surface area contributed by atoms with Gasteiger partial charge >= 0.3 is 0 Å². The molecule has 1 rings (SSSR count). The number of hydrogen-bond donors (Lipinski definition) is 2. The molecule has 1 aromatic carbocycles. The van der Waals surface area contributed by atoms with Crippen LogP contribution in [0.15, 0.2) is 24.3 Å². The maximum atomic E-state index is 11.6. The third-order valence-corrected chi connectivity index (χ3v) is 2.71. The van der Waals surface area contributed by atoms with E-state index in [4.69, 9.17) is 4.74 Å². The van der Waals surface area contributed by atoms with Crippen LogP contribution >= 0.6 is 0 Å². The third kappa shape index (κ3) is 5.73. The summed E-state index contributed by atoms with van der Waals surface area (Å²) in [6, 6.07) is 7.48. The van der Waals surface area contributed by atoms with Crippen LogP contribution in [0.25, 0.3) is 0 Å². The summed E-state index contributed by atoms with van der Waals surface area (Å²) in [5, 5.41) is 5.35. The van der Waals surface area contributed by atoms with Crippen molar-refractivity contribution in [3.8, 4) is 5.75 Å². The first-order chi connectivity index (χ1) is 9.52. The van der Waals surface area contributed by atoms with Crippen LogP contribution in [0.2, 0.25) is 0 Å². The third-order valence-electron chi connectivity index (χ3n) is 2.71. The Bertz CT molecular complexity index is 458. The second kappa shape index (κ2) is 8.19. The van der Waals surface area contributed by atoms with E-state index in [1.54, 1.807) is 7.11 Å². The Labute approximate surface area is 119 Å². The Kier molecular flexibility index (Phi) is 6.56. The summed E-state index contributed by atoms with van der Waals surface area (Å²) in [4.78, 5) is 23.1. The van der Waals surface area contributed by atoms with Gasteiger partial charge in [0.15, 0.2) is 0 Å². The zero-order valence-corrected chi connectivity index (χ0v) is 12.2. The Hall–Kier alpha value is -2.04. The lowest BCUT2D eigenvalue weighted by Gasteiger charge is -2.10. The molecule has 2 N–H and O–H groups in total. The zero-order valence-electron chi connectivity index (χ0n) is 12.2. The lowest BCUT2D eigenvalue weighted by molar-refractivity contribution is -0.126. The largest absolute Gasteiger partial charge is 0.496 e. The van der Waals surface area contributed by atoms with Gasteiger partial charge in [0.05, 0.1) is 13.7 Å². The van der Waals surface area contributed by atoms with Crippen LogP contribution in [0.1, 0.15) is 25.8 Å². The van der Waals surface area contributed by atoms with E-state index in [-0.39, 0.29) is 24.3 Å². The monoisotopic (exact) mass is 278 g/mol. The number of nitrogens with one attached hydrogen (secondary N) is 2. The van der Waals surface area contributed by atoms with Gasteiger partial charge in [0.2, 0.25) is 11.8 Å². The molecule has 0 aliphatic heterocycles. The Morgan fingerprint density at radius 2 is 1.85 bits per heavy atom. The summed E-state index contributed by atoms with van der Waals surface area (Å²) in [6.45, 7) is 4.30. The Morgan fingerprint density at radius 3 is 2.50 bits per heavy atom. The fourth-order valence-electron chi connectivity index (χ4n) is 1.73. The SMILES string of the molecule is COc1ccccc1CNC(=O)CNC(=O)CC(C)C. The van der Waals surface area contributed by atoms with Crippen molar-refractivity contribution < 1.29 is 14.3 Å². The van der Waals surface area contributed by atoms with Gasteiger partial charge in [0.1, 0.15) is 5.75 Å². The van der Waals surface area contributed by atoms with E-state index in [0.29, 0.717) is 13.0 Å². The average molecular weight is 278 g/mol. The number of carbonyl (C=O) groups excluding carboxylic acids is 2. The first-order valence-corrected chi connectivity index (χ1v) is 6.68. The molecule has 0 aromatic heterocycles. The maximum Gasteiger partial charge on any atom is 0.239 e. The molecule has 110 valence electrons.